The molecule has 1 atom stereocenters. The zero-order valence-electron chi connectivity index (χ0n) is 10.6. The lowest BCUT2D eigenvalue weighted by molar-refractivity contribution is 0.354. The molecule has 0 radical (unpaired) electrons. The Morgan fingerprint density at radius 1 is 1.33 bits per heavy atom. The van der Waals surface area contributed by atoms with Crippen molar-refractivity contribution >= 4 is 24.0 Å². The van der Waals surface area contributed by atoms with Gasteiger partial charge in [0, 0.05) is 6.04 Å². The lowest BCUT2D eigenvalue weighted by Gasteiger charge is -2.17. The molecule has 0 saturated heterocycles. The normalized spacial score (nSPS) is 15.8. The van der Waals surface area contributed by atoms with Crippen LogP contribution in [0.15, 0.2) is 12.1 Å². The molecule has 0 unspecified atom stereocenters. The topological polar surface area (TPSA) is 44.5 Å². The fourth-order valence-corrected chi connectivity index (χ4v) is 2.40. The van der Waals surface area contributed by atoms with Crippen LogP contribution in [0.4, 0.5) is 0 Å². The van der Waals surface area contributed by atoms with Crippen LogP contribution in [0.2, 0.25) is 5.02 Å². The number of nitrogens with two attached hydrogens (primary N) is 1. The van der Waals surface area contributed by atoms with Crippen molar-refractivity contribution in [2.24, 2.45) is 11.7 Å². The number of hydrogen-bond donors (Lipinski definition) is 1. The first-order chi connectivity index (χ1) is 8.17. The van der Waals surface area contributed by atoms with E-state index in [2.05, 4.69) is 0 Å². The highest BCUT2D eigenvalue weighted by Gasteiger charge is 2.26. The van der Waals surface area contributed by atoms with Crippen LogP contribution in [0.3, 0.4) is 0 Å². The fourth-order valence-electron chi connectivity index (χ4n) is 2.03. The summed E-state index contributed by atoms with van der Waals surface area (Å²) in [7, 11) is 3.18. The molecule has 1 aliphatic rings. The molecule has 5 heteroatoms. The number of halogens is 2. The summed E-state index contributed by atoms with van der Waals surface area (Å²) in [4.78, 5) is 0. The van der Waals surface area contributed by atoms with Gasteiger partial charge in [0.05, 0.1) is 19.2 Å². The van der Waals surface area contributed by atoms with Crippen molar-refractivity contribution in [2.75, 3.05) is 14.2 Å². The third-order valence-corrected chi connectivity index (χ3v) is 3.59. The highest BCUT2D eigenvalue weighted by atomic mass is 35.5. The van der Waals surface area contributed by atoms with Crippen LogP contribution in [-0.2, 0) is 0 Å². The molecule has 2 rings (SSSR count). The van der Waals surface area contributed by atoms with E-state index in [1.54, 1.807) is 14.2 Å². The van der Waals surface area contributed by atoms with Crippen LogP contribution in [0.5, 0.6) is 11.5 Å². The van der Waals surface area contributed by atoms with Crippen molar-refractivity contribution in [3.8, 4) is 11.5 Å². The zero-order valence-corrected chi connectivity index (χ0v) is 12.2. The Morgan fingerprint density at radius 2 is 2.00 bits per heavy atom. The Morgan fingerprint density at radius 3 is 2.50 bits per heavy atom. The van der Waals surface area contributed by atoms with Gasteiger partial charge in [-0.1, -0.05) is 30.5 Å². The molecule has 1 saturated carbocycles. The van der Waals surface area contributed by atoms with Crippen LogP contribution in [0.25, 0.3) is 0 Å². The molecule has 102 valence electrons. The predicted molar refractivity (Wildman–Crippen MR) is 76.1 cm³/mol. The van der Waals surface area contributed by atoms with Crippen molar-refractivity contribution in [1.82, 2.24) is 0 Å². The van der Waals surface area contributed by atoms with Crippen LogP contribution in [-0.4, -0.2) is 14.2 Å². The fraction of sp³-hybridized carbons (Fsp3) is 0.538. The molecule has 0 bridgehead atoms. The summed E-state index contributed by atoms with van der Waals surface area (Å²) in [6, 6.07) is 3.76. The molecule has 0 amide bonds. The highest BCUT2D eigenvalue weighted by Crippen LogP contribution is 2.42. The molecule has 0 aromatic heterocycles. The molecule has 3 nitrogen and oxygen atoms in total. The molecule has 1 aromatic carbocycles. The van der Waals surface area contributed by atoms with E-state index in [0.717, 1.165) is 17.9 Å². The quantitative estimate of drug-likeness (QED) is 0.902. The van der Waals surface area contributed by atoms with Crippen molar-refractivity contribution < 1.29 is 9.47 Å². The largest absolute Gasteiger partial charge is 0.493 e. The summed E-state index contributed by atoms with van der Waals surface area (Å²) >= 11 is 6.31. The van der Waals surface area contributed by atoms with Crippen LogP contribution < -0.4 is 15.2 Å². The minimum Gasteiger partial charge on any atom is -0.493 e. The van der Waals surface area contributed by atoms with Gasteiger partial charge in [0.25, 0.3) is 0 Å². The molecule has 1 fully saturated rings. The second-order valence-electron chi connectivity index (χ2n) is 4.49. The van der Waals surface area contributed by atoms with Crippen molar-refractivity contribution in [3.05, 3.63) is 22.7 Å². The van der Waals surface area contributed by atoms with Crippen molar-refractivity contribution in [2.45, 2.75) is 25.3 Å². The lowest BCUT2D eigenvalue weighted by atomic mass is 10.0. The number of benzene rings is 1. The van der Waals surface area contributed by atoms with Crippen molar-refractivity contribution in [1.29, 1.82) is 0 Å². The summed E-state index contributed by atoms with van der Waals surface area (Å²) in [6.45, 7) is 0. The first-order valence-corrected chi connectivity index (χ1v) is 6.21. The van der Waals surface area contributed by atoms with Gasteiger partial charge in [0.15, 0.2) is 11.5 Å². The third kappa shape index (κ3) is 3.22. The monoisotopic (exact) mass is 291 g/mol. The Labute approximate surface area is 119 Å². The Hall–Kier alpha value is -0.640. The summed E-state index contributed by atoms with van der Waals surface area (Å²) in [5, 5.41) is 0.569. The van der Waals surface area contributed by atoms with Gasteiger partial charge in [-0.15, -0.1) is 12.4 Å². The van der Waals surface area contributed by atoms with Crippen LogP contribution in [0, 0.1) is 5.92 Å². The maximum Gasteiger partial charge on any atom is 0.179 e. The molecule has 1 aromatic rings. The second kappa shape index (κ2) is 6.50. The Kier molecular flexibility index (Phi) is 5.57. The standard InChI is InChI=1S/C13H18ClNO2.ClH/c1-16-11-6-5-9(12(14)13(11)17-2)10(15)7-8-3-4-8;/h5-6,8,10H,3-4,7,15H2,1-2H3;1H/t10-;/m1./s1. The van der Waals surface area contributed by atoms with E-state index in [1.165, 1.54) is 12.8 Å². The smallest absolute Gasteiger partial charge is 0.179 e. The molecule has 0 spiro atoms. The Bertz CT molecular complexity index is 408. The van der Waals surface area contributed by atoms with Gasteiger partial charge >= 0.3 is 0 Å². The molecule has 1 aliphatic carbocycles. The lowest BCUT2D eigenvalue weighted by Crippen LogP contribution is -2.12. The van der Waals surface area contributed by atoms with E-state index >= 15 is 0 Å². The first-order valence-electron chi connectivity index (χ1n) is 5.83. The summed E-state index contributed by atoms with van der Waals surface area (Å²) in [5.41, 5.74) is 7.11. The van der Waals surface area contributed by atoms with E-state index in [9.17, 15) is 0 Å². The van der Waals surface area contributed by atoms with Gasteiger partial charge in [-0.05, 0) is 24.0 Å². The van der Waals surface area contributed by atoms with E-state index in [0.29, 0.717) is 16.5 Å². The maximum atomic E-state index is 6.31. The minimum absolute atomic E-state index is 0. The molecule has 0 aliphatic heterocycles. The maximum absolute atomic E-state index is 6.31. The highest BCUT2D eigenvalue weighted by molar-refractivity contribution is 6.33. The van der Waals surface area contributed by atoms with Crippen LogP contribution in [0.1, 0.15) is 30.9 Å². The van der Waals surface area contributed by atoms with Crippen molar-refractivity contribution in [3.63, 3.8) is 0 Å². The molecular weight excluding hydrogens is 273 g/mol. The SMILES string of the molecule is COc1ccc([C@H](N)CC2CC2)c(Cl)c1OC.Cl. The molecule has 2 N–H and O–H groups in total. The van der Waals surface area contributed by atoms with Crippen LogP contribution >= 0.6 is 24.0 Å². The van der Waals surface area contributed by atoms with E-state index in [-0.39, 0.29) is 18.4 Å². The Balaban J connectivity index is 0.00000162. The number of ether oxygens (including phenoxy) is 2. The number of methoxy groups -OCH3 is 2. The van der Waals surface area contributed by atoms with Gasteiger partial charge in [-0.25, -0.2) is 0 Å². The number of hydrogen-bond acceptors (Lipinski definition) is 3. The van der Waals surface area contributed by atoms with Gasteiger partial charge in [-0.2, -0.15) is 0 Å². The van der Waals surface area contributed by atoms with E-state index in [4.69, 9.17) is 26.8 Å². The van der Waals surface area contributed by atoms with Gasteiger partial charge < -0.3 is 15.2 Å². The molecule has 0 heterocycles. The van der Waals surface area contributed by atoms with Gasteiger partial charge in [0.1, 0.15) is 0 Å². The second-order valence-corrected chi connectivity index (χ2v) is 4.87. The molecule has 18 heavy (non-hydrogen) atoms. The predicted octanol–water partition coefficient (Wildman–Crippen LogP) is 3.58. The molecular formula is C13H19Cl2NO2. The average molecular weight is 292 g/mol. The summed E-state index contributed by atoms with van der Waals surface area (Å²) in [6.07, 6.45) is 3.58. The summed E-state index contributed by atoms with van der Waals surface area (Å²) < 4.78 is 10.5. The number of rotatable bonds is 5. The summed E-state index contributed by atoms with van der Waals surface area (Å²) in [5.74, 6) is 1.98. The first kappa shape index (κ1) is 15.4. The van der Waals surface area contributed by atoms with Gasteiger partial charge in [-0.3, -0.25) is 0 Å². The minimum atomic E-state index is -0.0187. The third-order valence-electron chi connectivity index (χ3n) is 3.20. The van der Waals surface area contributed by atoms with E-state index < -0.39 is 0 Å². The average Bonchev–Trinajstić information content (AvgIpc) is 3.12. The van der Waals surface area contributed by atoms with E-state index in [1.807, 2.05) is 12.1 Å². The van der Waals surface area contributed by atoms with Gasteiger partial charge in [0.2, 0.25) is 0 Å². The zero-order chi connectivity index (χ0) is 12.4.